The maximum absolute atomic E-state index is 9.88. The van der Waals surface area contributed by atoms with E-state index < -0.39 is 0 Å². The van der Waals surface area contributed by atoms with Gasteiger partial charge in [0, 0.05) is 11.3 Å². The summed E-state index contributed by atoms with van der Waals surface area (Å²) in [6, 6.07) is 18.4. The van der Waals surface area contributed by atoms with E-state index in [0.29, 0.717) is 33.2 Å². The first-order valence-corrected chi connectivity index (χ1v) is 10.2. The second-order valence-corrected chi connectivity index (χ2v) is 7.29. The van der Waals surface area contributed by atoms with Crippen molar-refractivity contribution in [2.45, 2.75) is 10.8 Å². The largest absolute Gasteiger partial charge is 0.491 e. The number of nitrogens with two attached hydrogens (primary N) is 1. The molecule has 8 heteroatoms. The van der Waals surface area contributed by atoms with Crippen molar-refractivity contribution in [3.8, 4) is 29.0 Å². The first-order chi connectivity index (χ1) is 15.1. The molecule has 1 aromatic heterocycles. The van der Waals surface area contributed by atoms with E-state index >= 15 is 0 Å². The van der Waals surface area contributed by atoms with Crippen LogP contribution in [-0.2, 0) is 5.75 Å². The van der Waals surface area contributed by atoms with E-state index in [4.69, 9.17) is 27.4 Å². The average Bonchev–Trinajstić information content (AvgIpc) is 2.81. The van der Waals surface area contributed by atoms with E-state index in [9.17, 15) is 5.26 Å². The zero-order chi connectivity index (χ0) is 22.2. The van der Waals surface area contributed by atoms with Crippen LogP contribution >= 0.6 is 11.8 Å². The number of nitrogen functional groups attached to an aromatic ring is 1. The van der Waals surface area contributed by atoms with Gasteiger partial charge in [-0.25, -0.2) is 9.83 Å². The van der Waals surface area contributed by atoms with Gasteiger partial charge in [-0.15, -0.1) is 11.8 Å². The van der Waals surface area contributed by atoms with Crippen molar-refractivity contribution < 1.29 is 9.84 Å². The molecule has 0 radical (unpaired) electrons. The van der Waals surface area contributed by atoms with Gasteiger partial charge in [0.05, 0.1) is 30.4 Å². The first kappa shape index (κ1) is 21.7. The third kappa shape index (κ3) is 4.94. The summed E-state index contributed by atoms with van der Waals surface area (Å²) in [6.07, 6.45) is 0. The Morgan fingerprint density at radius 1 is 1.16 bits per heavy atom. The van der Waals surface area contributed by atoms with Crippen molar-refractivity contribution in [1.29, 1.82) is 10.5 Å². The molecule has 0 fully saturated rings. The number of hydrogen-bond donors (Lipinski definition) is 2. The van der Waals surface area contributed by atoms with Gasteiger partial charge in [0.15, 0.2) is 0 Å². The highest BCUT2D eigenvalue weighted by atomic mass is 32.2. The van der Waals surface area contributed by atoms with Crippen molar-refractivity contribution in [1.82, 2.24) is 4.98 Å². The second-order valence-electron chi connectivity index (χ2n) is 6.32. The SMILES string of the molecule is [C-]#[N+]c1c(N)nc(SCc2cccc(C#N)c2)c(C#N)c1-c1ccc(OCCO)cc1. The number of nitriles is 2. The quantitative estimate of drug-likeness (QED) is 0.426. The number of anilines is 1. The molecule has 1 heterocycles. The fourth-order valence-corrected chi connectivity index (χ4v) is 3.88. The molecule has 0 aliphatic rings. The smallest absolute Gasteiger partial charge is 0.236 e. The van der Waals surface area contributed by atoms with Gasteiger partial charge in [-0.2, -0.15) is 10.5 Å². The zero-order valence-electron chi connectivity index (χ0n) is 16.4. The Balaban J connectivity index is 2.01. The van der Waals surface area contributed by atoms with Crippen LogP contribution in [0, 0.1) is 29.2 Å². The van der Waals surface area contributed by atoms with Crippen LogP contribution in [0.5, 0.6) is 5.75 Å². The summed E-state index contributed by atoms with van der Waals surface area (Å²) in [5.74, 6) is 1.11. The minimum Gasteiger partial charge on any atom is -0.491 e. The molecule has 0 saturated carbocycles. The lowest BCUT2D eigenvalue weighted by Crippen LogP contribution is -2.02. The normalized spacial score (nSPS) is 10.0. The molecule has 0 aliphatic carbocycles. The van der Waals surface area contributed by atoms with Crippen molar-refractivity contribution >= 4 is 23.3 Å². The lowest BCUT2D eigenvalue weighted by molar-refractivity contribution is 0.201. The molecule has 3 aromatic rings. The first-order valence-electron chi connectivity index (χ1n) is 9.18. The summed E-state index contributed by atoms with van der Waals surface area (Å²) in [7, 11) is 0. The number of ether oxygens (including phenoxy) is 1. The van der Waals surface area contributed by atoms with Crippen LogP contribution in [-0.4, -0.2) is 23.3 Å². The van der Waals surface area contributed by atoms with Crippen LogP contribution in [0.4, 0.5) is 11.5 Å². The molecule has 0 atom stereocenters. The van der Waals surface area contributed by atoms with Crippen molar-refractivity contribution in [3.05, 3.63) is 76.6 Å². The minimum atomic E-state index is -0.0963. The number of aliphatic hydroxyl groups is 1. The number of hydrogen-bond acceptors (Lipinski definition) is 7. The fraction of sp³-hybridized carbons (Fsp3) is 0.130. The van der Waals surface area contributed by atoms with E-state index in [1.54, 1.807) is 42.5 Å². The van der Waals surface area contributed by atoms with Crippen molar-refractivity contribution in [2.24, 2.45) is 0 Å². The Kier molecular flexibility index (Phi) is 7.09. The maximum atomic E-state index is 9.88. The maximum Gasteiger partial charge on any atom is 0.236 e. The van der Waals surface area contributed by atoms with Crippen LogP contribution in [0.15, 0.2) is 53.6 Å². The second kappa shape index (κ2) is 10.1. The molecule has 0 bridgehead atoms. The highest BCUT2D eigenvalue weighted by molar-refractivity contribution is 7.98. The summed E-state index contributed by atoms with van der Waals surface area (Å²) in [6.45, 7) is 7.61. The van der Waals surface area contributed by atoms with Gasteiger partial charge in [0.2, 0.25) is 5.69 Å². The number of benzene rings is 2. The van der Waals surface area contributed by atoms with Gasteiger partial charge in [0.1, 0.15) is 29.3 Å². The number of pyridine rings is 1. The molecule has 3 rings (SSSR count). The van der Waals surface area contributed by atoms with Crippen molar-refractivity contribution in [3.63, 3.8) is 0 Å². The molecule has 152 valence electrons. The van der Waals surface area contributed by atoms with Gasteiger partial charge in [-0.05, 0) is 35.4 Å². The predicted octanol–water partition coefficient (Wildman–Crippen LogP) is 4.29. The van der Waals surface area contributed by atoms with Gasteiger partial charge in [-0.3, -0.25) is 0 Å². The highest BCUT2D eigenvalue weighted by Gasteiger charge is 2.20. The Hall–Kier alpha value is -4.03. The molecule has 31 heavy (non-hydrogen) atoms. The van der Waals surface area contributed by atoms with Crippen molar-refractivity contribution in [2.75, 3.05) is 18.9 Å². The summed E-state index contributed by atoms with van der Waals surface area (Å²) in [5.41, 5.74) is 8.98. The molecular weight excluding hydrogens is 410 g/mol. The standard InChI is InChI=1S/C23H17N5O2S/c1-27-21-20(17-5-7-18(8-6-17)30-10-9-29)19(13-25)23(28-22(21)26)31-14-16-4-2-3-15(11-16)12-24/h2-8,11,29H,9-10,14H2,(H2,26,28). The van der Waals surface area contributed by atoms with Gasteiger partial charge in [0.25, 0.3) is 0 Å². The Labute approximate surface area is 184 Å². The summed E-state index contributed by atoms with van der Waals surface area (Å²) >= 11 is 1.32. The third-order valence-corrected chi connectivity index (χ3v) is 5.37. The number of aromatic nitrogens is 1. The lowest BCUT2D eigenvalue weighted by Gasteiger charge is -2.14. The van der Waals surface area contributed by atoms with Gasteiger partial charge >= 0.3 is 0 Å². The zero-order valence-corrected chi connectivity index (χ0v) is 17.2. The number of aliphatic hydroxyl groups excluding tert-OH is 1. The van der Waals surface area contributed by atoms with Crippen LogP contribution in [0.3, 0.4) is 0 Å². The van der Waals surface area contributed by atoms with E-state index in [1.165, 1.54) is 11.8 Å². The molecule has 0 amide bonds. The molecule has 0 saturated heterocycles. The van der Waals surface area contributed by atoms with Crippen LogP contribution in [0.25, 0.3) is 16.0 Å². The summed E-state index contributed by atoms with van der Waals surface area (Å²) in [4.78, 5) is 7.81. The average molecular weight is 427 g/mol. The Morgan fingerprint density at radius 3 is 2.58 bits per heavy atom. The van der Waals surface area contributed by atoms with Gasteiger partial charge < -0.3 is 15.6 Å². The molecule has 3 N–H and O–H groups in total. The van der Waals surface area contributed by atoms with Crippen LogP contribution < -0.4 is 10.5 Å². The van der Waals surface area contributed by atoms with E-state index in [-0.39, 0.29) is 30.3 Å². The molecule has 0 aliphatic heterocycles. The molecule has 2 aromatic carbocycles. The Morgan fingerprint density at radius 2 is 1.94 bits per heavy atom. The number of nitrogens with zero attached hydrogens (tertiary/aromatic N) is 4. The molecular formula is C23H17N5O2S. The van der Waals surface area contributed by atoms with Crippen LogP contribution in [0.1, 0.15) is 16.7 Å². The fourth-order valence-electron chi connectivity index (χ4n) is 2.94. The monoisotopic (exact) mass is 427 g/mol. The number of rotatable bonds is 7. The van der Waals surface area contributed by atoms with E-state index in [1.807, 2.05) is 6.07 Å². The molecule has 7 nitrogen and oxygen atoms in total. The predicted molar refractivity (Wildman–Crippen MR) is 118 cm³/mol. The van der Waals surface area contributed by atoms with Crippen LogP contribution in [0.2, 0.25) is 0 Å². The minimum absolute atomic E-state index is 0.0536. The van der Waals surface area contributed by atoms with Gasteiger partial charge in [-0.1, -0.05) is 24.3 Å². The Bertz CT molecular complexity index is 1220. The third-order valence-electron chi connectivity index (χ3n) is 4.32. The van der Waals surface area contributed by atoms with E-state index in [0.717, 1.165) is 5.56 Å². The topological polar surface area (TPSA) is 120 Å². The highest BCUT2D eigenvalue weighted by Crippen LogP contribution is 2.42. The van der Waals surface area contributed by atoms with E-state index in [2.05, 4.69) is 22.0 Å². The molecule has 0 spiro atoms. The lowest BCUT2D eigenvalue weighted by atomic mass is 10.00. The molecule has 0 unspecified atom stereocenters. The summed E-state index contributed by atoms with van der Waals surface area (Å²) in [5, 5.41) is 28.3. The summed E-state index contributed by atoms with van der Waals surface area (Å²) < 4.78 is 5.37. The number of thioether (sulfide) groups is 1.